The Kier molecular flexibility index (Phi) is 7.93. The Balaban J connectivity index is 1.81. The molecule has 174 valence electrons. The van der Waals surface area contributed by atoms with Gasteiger partial charge in [-0.1, -0.05) is 88.4 Å². The third kappa shape index (κ3) is 4.99. The van der Waals surface area contributed by atoms with E-state index in [4.69, 9.17) is 14.0 Å². The number of hydroxylamine groups is 2. The number of nitrogens with zero attached hydrogens (tertiary/aromatic N) is 1. The first kappa shape index (κ1) is 24.6. The van der Waals surface area contributed by atoms with Crippen LogP contribution in [-0.4, -0.2) is 52.3 Å². The van der Waals surface area contributed by atoms with Crippen molar-refractivity contribution in [3.05, 3.63) is 60.7 Å². The van der Waals surface area contributed by atoms with Gasteiger partial charge in [0.05, 0.1) is 13.2 Å². The molecule has 0 spiro atoms. The average molecular weight is 456 g/mol. The molecule has 0 N–H and O–H groups in total. The number of hydrogen-bond donors (Lipinski definition) is 0. The Hall–Kier alpha value is -1.99. The maximum absolute atomic E-state index is 12.5. The van der Waals surface area contributed by atoms with Crippen molar-refractivity contribution in [1.29, 1.82) is 0 Å². The number of amides is 1. The van der Waals surface area contributed by atoms with E-state index in [0.29, 0.717) is 13.0 Å². The topological polar surface area (TPSA) is 48.0 Å². The largest absolute Gasteiger partial charge is 0.407 e. The third-order valence-corrected chi connectivity index (χ3v) is 11.6. The maximum Gasteiger partial charge on any atom is 0.274 e. The lowest BCUT2D eigenvalue weighted by Gasteiger charge is -2.43. The minimum atomic E-state index is -2.56. The molecule has 6 heteroatoms. The number of hydrogen-bond acceptors (Lipinski definition) is 4. The van der Waals surface area contributed by atoms with E-state index in [9.17, 15) is 4.79 Å². The van der Waals surface area contributed by atoms with Crippen molar-refractivity contribution < 1.29 is 18.8 Å². The monoisotopic (exact) mass is 455 g/mol. The second-order valence-electron chi connectivity index (χ2n) is 9.69. The summed E-state index contributed by atoms with van der Waals surface area (Å²) in [5, 5.41) is 3.73. The van der Waals surface area contributed by atoms with E-state index < -0.39 is 14.4 Å². The van der Waals surface area contributed by atoms with Gasteiger partial charge in [-0.05, 0) is 34.2 Å². The van der Waals surface area contributed by atoms with Crippen molar-refractivity contribution in [3.63, 3.8) is 0 Å². The zero-order valence-electron chi connectivity index (χ0n) is 20.2. The van der Waals surface area contributed by atoms with Gasteiger partial charge in [-0.15, -0.1) is 0 Å². The highest BCUT2D eigenvalue weighted by molar-refractivity contribution is 6.99. The number of benzene rings is 2. The average Bonchev–Trinajstić information content (AvgIpc) is 3.16. The standard InChI is InChI=1S/C26H37NO4Si/c1-20-19-24(25(28)27(5)29-6)31-23(20)17-18-30-32(26(2,3)4,21-13-9-7-10-14-21)22-15-11-8-12-16-22/h7-16,20,23-24H,17-19H2,1-6H3/t20-,23+,24-/m1/s1. The lowest BCUT2D eigenvalue weighted by molar-refractivity contribution is -0.180. The summed E-state index contributed by atoms with van der Waals surface area (Å²) in [5.41, 5.74) is 0. The van der Waals surface area contributed by atoms with Crippen molar-refractivity contribution in [2.75, 3.05) is 20.8 Å². The summed E-state index contributed by atoms with van der Waals surface area (Å²) in [7, 11) is 0.556. The third-order valence-electron chi connectivity index (χ3n) is 6.56. The molecule has 5 nitrogen and oxygen atoms in total. The summed E-state index contributed by atoms with van der Waals surface area (Å²) in [6.45, 7) is 9.58. The van der Waals surface area contributed by atoms with Gasteiger partial charge in [0, 0.05) is 13.7 Å². The molecule has 1 heterocycles. The second-order valence-corrected chi connectivity index (χ2v) is 14.0. The number of likely N-dealkylation sites (N-methyl/N-ethyl adjacent to an activating group) is 1. The first-order valence-corrected chi connectivity index (χ1v) is 13.3. The van der Waals surface area contributed by atoms with Crippen LogP contribution in [0.5, 0.6) is 0 Å². The first-order chi connectivity index (χ1) is 15.2. The number of carbonyl (C=O) groups excluding carboxylic acids is 1. The Morgan fingerprint density at radius 3 is 2.06 bits per heavy atom. The molecule has 2 aromatic rings. The highest BCUT2D eigenvalue weighted by Gasteiger charge is 2.50. The van der Waals surface area contributed by atoms with Crippen molar-refractivity contribution >= 4 is 24.6 Å². The molecular weight excluding hydrogens is 418 g/mol. The fourth-order valence-electron chi connectivity index (χ4n) is 4.78. The Morgan fingerprint density at radius 1 is 1.06 bits per heavy atom. The molecule has 0 bridgehead atoms. The van der Waals surface area contributed by atoms with E-state index in [1.807, 2.05) is 0 Å². The van der Waals surface area contributed by atoms with Crippen LogP contribution in [0.15, 0.2) is 60.7 Å². The van der Waals surface area contributed by atoms with Crippen LogP contribution in [0.4, 0.5) is 0 Å². The molecular formula is C26H37NO4Si. The smallest absolute Gasteiger partial charge is 0.274 e. The van der Waals surface area contributed by atoms with Crippen LogP contribution in [0.2, 0.25) is 5.04 Å². The van der Waals surface area contributed by atoms with Gasteiger partial charge in [0.15, 0.2) is 0 Å². The molecule has 0 saturated carbocycles. The van der Waals surface area contributed by atoms with E-state index in [0.717, 1.165) is 6.42 Å². The predicted molar refractivity (Wildman–Crippen MR) is 130 cm³/mol. The molecule has 1 saturated heterocycles. The van der Waals surface area contributed by atoms with Gasteiger partial charge in [-0.2, -0.15) is 0 Å². The van der Waals surface area contributed by atoms with Crippen molar-refractivity contribution in [2.45, 2.75) is 57.8 Å². The predicted octanol–water partition coefficient (Wildman–Crippen LogP) is 3.77. The van der Waals surface area contributed by atoms with Crippen LogP contribution in [0.3, 0.4) is 0 Å². The highest BCUT2D eigenvalue weighted by atomic mass is 28.4. The van der Waals surface area contributed by atoms with Gasteiger partial charge in [0.25, 0.3) is 14.2 Å². The van der Waals surface area contributed by atoms with E-state index in [2.05, 4.69) is 88.4 Å². The quantitative estimate of drug-likeness (QED) is 0.449. The molecule has 3 rings (SSSR count). The van der Waals surface area contributed by atoms with Crippen LogP contribution in [0.25, 0.3) is 0 Å². The summed E-state index contributed by atoms with van der Waals surface area (Å²) < 4.78 is 13.1. The normalized spacial score (nSPS) is 21.5. The maximum atomic E-state index is 12.5. The fraction of sp³-hybridized carbons (Fsp3) is 0.500. The molecule has 0 aliphatic carbocycles. The summed E-state index contributed by atoms with van der Waals surface area (Å²) in [4.78, 5) is 17.5. The molecule has 0 aromatic heterocycles. The molecule has 1 aliphatic heterocycles. The molecule has 32 heavy (non-hydrogen) atoms. The molecule has 0 unspecified atom stereocenters. The number of carbonyl (C=O) groups is 1. The SMILES string of the molecule is CON(C)C(=O)[C@H]1C[C@@H](C)[C@H](CCO[Si](c2ccccc2)(c2ccccc2)C(C)(C)C)O1. The summed E-state index contributed by atoms with van der Waals surface area (Å²) in [6.07, 6.45) is 1.00. The minimum Gasteiger partial charge on any atom is -0.407 e. The van der Waals surface area contributed by atoms with Gasteiger partial charge < -0.3 is 9.16 Å². The zero-order valence-corrected chi connectivity index (χ0v) is 21.2. The van der Waals surface area contributed by atoms with Crippen LogP contribution >= 0.6 is 0 Å². The lowest BCUT2D eigenvalue weighted by atomic mass is 9.99. The lowest BCUT2D eigenvalue weighted by Crippen LogP contribution is -2.66. The van der Waals surface area contributed by atoms with Gasteiger partial charge >= 0.3 is 0 Å². The Labute approximate surface area is 193 Å². The van der Waals surface area contributed by atoms with Gasteiger partial charge in [-0.25, -0.2) is 5.06 Å². The van der Waals surface area contributed by atoms with Crippen LogP contribution in [0.1, 0.15) is 40.5 Å². The van der Waals surface area contributed by atoms with E-state index >= 15 is 0 Å². The summed E-state index contributed by atoms with van der Waals surface area (Å²) in [6, 6.07) is 21.3. The van der Waals surface area contributed by atoms with E-state index in [1.165, 1.54) is 22.5 Å². The fourth-order valence-corrected chi connectivity index (χ4v) is 9.36. The minimum absolute atomic E-state index is 0.00702. The van der Waals surface area contributed by atoms with E-state index in [-0.39, 0.29) is 23.0 Å². The van der Waals surface area contributed by atoms with Crippen molar-refractivity contribution in [1.82, 2.24) is 5.06 Å². The Morgan fingerprint density at radius 2 is 1.59 bits per heavy atom. The first-order valence-electron chi connectivity index (χ1n) is 11.4. The second kappa shape index (κ2) is 10.3. The number of rotatable bonds is 8. The molecule has 1 aliphatic rings. The van der Waals surface area contributed by atoms with Crippen molar-refractivity contribution in [3.8, 4) is 0 Å². The Bertz CT molecular complexity index is 829. The van der Waals surface area contributed by atoms with Gasteiger partial charge in [0.1, 0.15) is 6.10 Å². The zero-order chi connectivity index (χ0) is 23.4. The van der Waals surface area contributed by atoms with Crippen LogP contribution in [0, 0.1) is 5.92 Å². The van der Waals surface area contributed by atoms with Gasteiger partial charge in [-0.3, -0.25) is 9.63 Å². The summed E-state index contributed by atoms with van der Waals surface area (Å²) in [5.74, 6) is 0.159. The number of ether oxygens (including phenoxy) is 1. The molecule has 2 aromatic carbocycles. The molecule has 0 radical (unpaired) electrons. The van der Waals surface area contributed by atoms with Crippen LogP contribution in [-0.2, 0) is 18.8 Å². The van der Waals surface area contributed by atoms with E-state index in [1.54, 1.807) is 7.05 Å². The van der Waals surface area contributed by atoms with Gasteiger partial charge in [0.2, 0.25) is 0 Å². The van der Waals surface area contributed by atoms with Crippen molar-refractivity contribution in [2.24, 2.45) is 5.92 Å². The molecule has 1 amide bonds. The molecule has 3 atom stereocenters. The molecule has 1 fully saturated rings. The highest BCUT2D eigenvalue weighted by Crippen LogP contribution is 2.37. The summed E-state index contributed by atoms with van der Waals surface area (Å²) >= 11 is 0. The van der Waals surface area contributed by atoms with Crippen LogP contribution < -0.4 is 10.4 Å².